The van der Waals surface area contributed by atoms with E-state index in [2.05, 4.69) is 11.4 Å². The maximum absolute atomic E-state index is 11.8. The van der Waals surface area contributed by atoms with Crippen molar-refractivity contribution in [3.63, 3.8) is 0 Å². The molecule has 0 atom stereocenters. The Bertz CT molecular complexity index is 348. The summed E-state index contributed by atoms with van der Waals surface area (Å²) in [6, 6.07) is -0.188. The van der Waals surface area contributed by atoms with Crippen molar-refractivity contribution in [2.45, 2.75) is 27.2 Å². The SMILES string of the molecule is CC1=CCCN(C(=O)NCC(C)(C)C(=O)O)C1. The van der Waals surface area contributed by atoms with Crippen LogP contribution in [0.25, 0.3) is 0 Å². The van der Waals surface area contributed by atoms with Gasteiger partial charge in [0.15, 0.2) is 0 Å². The molecule has 0 saturated carbocycles. The molecule has 2 N–H and O–H groups in total. The first kappa shape index (κ1) is 13.5. The number of rotatable bonds is 3. The van der Waals surface area contributed by atoms with Crippen LogP contribution >= 0.6 is 0 Å². The summed E-state index contributed by atoms with van der Waals surface area (Å²) in [6.07, 6.45) is 2.98. The number of carbonyl (C=O) groups excluding carboxylic acids is 1. The van der Waals surface area contributed by atoms with Crippen molar-refractivity contribution in [1.82, 2.24) is 10.2 Å². The topological polar surface area (TPSA) is 69.6 Å². The summed E-state index contributed by atoms with van der Waals surface area (Å²) in [5, 5.41) is 11.6. The first-order valence-electron chi connectivity index (χ1n) is 5.75. The van der Waals surface area contributed by atoms with E-state index >= 15 is 0 Å². The number of carboxylic acids is 1. The number of hydrogen-bond acceptors (Lipinski definition) is 2. The third-order valence-corrected chi connectivity index (χ3v) is 2.88. The lowest BCUT2D eigenvalue weighted by atomic mass is 9.94. The Morgan fingerprint density at radius 2 is 2.18 bits per heavy atom. The first-order chi connectivity index (χ1) is 7.83. The van der Waals surface area contributed by atoms with E-state index in [1.165, 1.54) is 5.57 Å². The van der Waals surface area contributed by atoms with Crippen LogP contribution in [0.3, 0.4) is 0 Å². The zero-order chi connectivity index (χ0) is 13.1. The highest BCUT2D eigenvalue weighted by molar-refractivity contribution is 5.77. The molecule has 0 saturated heterocycles. The fraction of sp³-hybridized carbons (Fsp3) is 0.667. The summed E-state index contributed by atoms with van der Waals surface area (Å²) in [5.41, 5.74) is 0.236. The van der Waals surface area contributed by atoms with Gasteiger partial charge < -0.3 is 15.3 Å². The van der Waals surface area contributed by atoms with E-state index in [0.717, 1.165) is 6.42 Å². The molecule has 0 aromatic carbocycles. The van der Waals surface area contributed by atoms with E-state index < -0.39 is 11.4 Å². The lowest BCUT2D eigenvalue weighted by molar-refractivity contribution is -0.146. The minimum Gasteiger partial charge on any atom is -0.481 e. The van der Waals surface area contributed by atoms with Crippen LogP contribution in [0.1, 0.15) is 27.2 Å². The molecule has 1 aliphatic heterocycles. The highest BCUT2D eigenvalue weighted by Gasteiger charge is 2.28. The Hall–Kier alpha value is -1.52. The van der Waals surface area contributed by atoms with Crippen molar-refractivity contribution in [3.8, 4) is 0 Å². The fourth-order valence-electron chi connectivity index (χ4n) is 1.57. The average molecular weight is 240 g/mol. The molecule has 1 aliphatic rings. The number of carbonyl (C=O) groups is 2. The predicted molar refractivity (Wildman–Crippen MR) is 64.8 cm³/mol. The van der Waals surface area contributed by atoms with Crippen molar-refractivity contribution in [1.29, 1.82) is 0 Å². The van der Waals surface area contributed by atoms with Gasteiger partial charge in [-0.1, -0.05) is 11.6 Å². The molecule has 5 nitrogen and oxygen atoms in total. The molecule has 17 heavy (non-hydrogen) atoms. The third-order valence-electron chi connectivity index (χ3n) is 2.88. The maximum atomic E-state index is 11.8. The quantitative estimate of drug-likeness (QED) is 0.734. The van der Waals surface area contributed by atoms with Crippen LogP contribution in [0.4, 0.5) is 4.79 Å². The molecule has 0 radical (unpaired) electrons. The van der Waals surface area contributed by atoms with Crippen molar-refractivity contribution in [2.24, 2.45) is 5.41 Å². The van der Waals surface area contributed by atoms with Gasteiger partial charge in [-0.15, -0.1) is 0 Å². The molecule has 0 spiro atoms. The number of urea groups is 1. The molecular formula is C12H20N2O3. The molecule has 0 fully saturated rings. The van der Waals surface area contributed by atoms with Crippen molar-refractivity contribution in [3.05, 3.63) is 11.6 Å². The molecule has 96 valence electrons. The second-order valence-corrected chi connectivity index (χ2v) is 5.11. The summed E-state index contributed by atoms with van der Waals surface area (Å²) in [6.45, 7) is 6.63. The van der Waals surface area contributed by atoms with Gasteiger partial charge in [0.05, 0.1) is 5.41 Å². The highest BCUT2D eigenvalue weighted by Crippen LogP contribution is 2.14. The zero-order valence-corrected chi connectivity index (χ0v) is 10.6. The number of nitrogens with one attached hydrogen (secondary N) is 1. The van der Waals surface area contributed by atoms with Crippen LogP contribution in [0.15, 0.2) is 11.6 Å². The fourth-order valence-corrected chi connectivity index (χ4v) is 1.57. The lowest BCUT2D eigenvalue weighted by Gasteiger charge is -2.28. The van der Waals surface area contributed by atoms with E-state index in [0.29, 0.717) is 13.1 Å². The van der Waals surface area contributed by atoms with E-state index in [1.807, 2.05) is 6.92 Å². The van der Waals surface area contributed by atoms with Gasteiger partial charge in [0.25, 0.3) is 0 Å². The van der Waals surface area contributed by atoms with Crippen LogP contribution in [0.2, 0.25) is 0 Å². The Morgan fingerprint density at radius 1 is 1.53 bits per heavy atom. The Morgan fingerprint density at radius 3 is 2.71 bits per heavy atom. The van der Waals surface area contributed by atoms with Crippen LogP contribution in [0, 0.1) is 5.41 Å². The van der Waals surface area contributed by atoms with Gasteiger partial charge in [-0.2, -0.15) is 0 Å². The number of aliphatic carboxylic acids is 1. The molecule has 5 heteroatoms. The number of amides is 2. The number of nitrogens with zero attached hydrogens (tertiary/aromatic N) is 1. The number of carboxylic acid groups (broad SMARTS) is 1. The Balaban J connectivity index is 2.45. The molecular weight excluding hydrogens is 220 g/mol. The van der Waals surface area contributed by atoms with Crippen LogP contribution in [-0.2, 0) is 4.79 Å². The van der Waals surface area contributed by atoms with Gasteiger partial charge in [0.2, 0.25) is 0 Å². The smallest absolute Gasteiger partial charge is 0.317 e. The molecule has 0 aromatic rings. The monoisotopic (exact) mass is 240 g/mol. The minimum atomic E-state index is -0.934. The van der Waals surface area contributed by atoms with E-state index in [4.69, 9.17) is 5.11 Å². The second kappa shape index (κ2) is 5.21. The van der Waals surface area contributed by atoms with Crippen LogP contribution in [-0.4, -0.2) is 41.6 Å². The molecule has 0 aliphatic carbocycles. The number of hydrogen-bond donors (Lipinski definition) is 2. The normalized spacial score (nSPS) is 16.4. The maximum Gasteiger partial charge on any atom is 0.317 e. The second-order valence-electron chi connectivity index (χ2n) is 5.11. The van der Waals surface area contributed by atoms with Gasteiger partial charge in [0.1, 0.15) is 0 Å². The Labute approximate surface area is 101 Å². The predicted octanol–water partition coefficient (Wildman–Crippen LogP) is 1.46. The van der Waals surface area contributed by atoms with Crippen molar-refractivity contribution >= 4 is 12.0 Å². The van der Waals surface area contributed by atoms with Gasteiger partial charge >= 0.3 is 12.0 Å². The zero-order valence-electron chi connectivity index (χ0n) is 10.6. The largest absolute Gasteiger partial charge is 0.481 e. The van der Waals surface area contributed by atoms with Crippen LogP contribution < -0.4 is 5.32 Å². The molecule has 0 aromatic heterocycles. The highest BCUT2D eigenvalue weighted by atomic mass is 16.4. The third kappa shape index (κ3) is 3.76. The standard InChI is InChI=1S/C12H20N2O3/c1-9-5-4-6-14(7-9)11(17)13-8-12(2,3)10(15)16/h5H,4,6-8H2,1-3H3,(H,13,17)(H,15,16). The van der Waals surface area contributed by atoms with Gasteiger partial charge in [0, 0.05) is 19.6 Å². The van der Waals surface area contributed by atoms with E-state index in [-0.39, 0.29) is 12.6 Å². The van der Waals surface area contributed by atoms with Crippen molar-refractivity contribution < 1.29 is 14.7 Å². The summed E-state index contributed by atoms with van der Waals surface area (Å²) in [4.78, 5) is 24.4. The van der Waals surface area contributed by atoms with Gasteiger partial charge in [-0.25, -0.2) is 4.79 Å². The van der Waals surface area contributed by atoms with E-state index in [1.54, 1.807) is 18.7 Å². The lowest BCUT2D eigenvalue weighted by Crippen LogP contribution is -2.47. The summed E-state index contributed by atoms with van der Waals surface area (Å²) in [7, 11) is 0. The summed E-state index contributed by atoms with van der Waals surface area (Å²) < 4.78 is 0. The van der Waals surface area contributed by atoms with E-state index in [9.17, 15) is 9.59 Å². The summed E-state index contributed by atoms with van der Waals surface area (Å²) in [5.74, 6) is -0.910. The Kier molecular flexibility index (Phi) is 4.15. The molecule has 0 bridgehead atoms. The molecule has 1 heterocycles. The molecule has 1 rings (SSSR count). The minimum absolute atomic E-state index is 0.139. The van der Waals surface area contributed by atoms with Gasteiger partial charge in [-0.05, 0) is 27.2 Å². The summed E-state index contributed by atoms with van der Waals surface area (Å²) >= 11 is 0. The molecule has 0 unspecified atom stereocenters. The first-order valence-corrected chi connectivity index (χ1v) is 5.75. The van der Waals surface area contributed by atoms with Crippen molar-refractivity contribution in [2.75, 3.05) is 19.6 Å². The van der Waals surface area contributed by atoms with Gasteiger partial charge in [-0.3, -0.25) is 4.79 Å². The average Bonchev–Trinajstić information content (AvgIpc) is 2.25. The molecule has 2 amide bonds. The van der Waals surface area contributed by atoms with Crippen LogP contribution in [0.5, 0.6) is 0 Å².